The van der Waals surface area contributed by atoms with Crippen molar-refractivity contribution in [1.82, 2.24) is 20.5 Å². The number of rotatable bonds is 13. The zero-order chi connectivity index (χ0) is 23.5. The summed E-state index contributed by atoms with van der Waals surface area (Å²) in [4.78, 5) is 26.9. The van der Waals surface area contributed by atoms with Gasteiger partial charge in [0.05, 0.1) is 12.4 Å². The molecule has 0 amide bonds. The van der Waals surface area contributed by atoms with Crippen LogP contribution in [0.2, 0.25) is 0 Å². The Hall–Kier alpha value is -2.52. The molecule has 1 atom stereocenters. The molecule has 1 aromatic carbocycles. The minimum Gasteiger partial charge on any atom is -0.477 e. The van der Waals surface area contributed by atoms with E-state index in [1.807, 2.05) is 24.8 Å². The van der Waals surface area contributed by atoms with Crippen molar-refractivity contribution >= 4 is 5.97 Å². The second-order valence-electron chi connectivity index (χ2n) is 8.46. The van der Waals surface area contributed by atoms with Crippen LogP contribution in [0.1, 0.15) is 56.6 Å². The molecule has 180 valence electrons. The summed E-state index contributed by atoms with van der Waals surface area (Å²) >= 11 is 0. The van der Waals surface area contributed by atoms with Gasteiger partial charge in [0.1, 0.15) is 0 Å². The number of hydroxylamine groups is 2. The van der Waals surface area contributed by atoms with Crippen LogP contribution in [0.25, 0.3) is 0 Å². The van der Waals surface area contributed by atoms with Crippen molar-refractivity contribution in [2.75, 3.05) is 14.1 Å². The van der Waals surface area contributed by atoms with Crippen molar-refractivity contribution in [3.05, 3.63) is 66.3 Å². The molecule has 1 heterocycles. The number of allylic oxidation sites excluding steroid dienone is 2. The highest BCUT2D eigenvalue weighted by Crippen LogP contribution is 2.38. The molecule has 0 saturated heterocycles. The van der Waals surface area contributed by atoms with Crippen LogP contribution in [0.3, 0.4) is 0 Å². The van der Waals surface area contributed by atoms with Gasteiger partial charge in [-0.3, -0.25) is 9.68 Å². The maximum absolute atomic E-state index is 12.0. The third kappa shape index (κ3) is 6.74. The van der Waals surface area contributed by atoms with Crippen molar-refractivity contribution < 1.29 is 19.6 Å². The van der Waals surface area contributed by atoms with E-state index in [2.05, 4.69) is 50.9 Å². The second-order valence-corrected chi connectivity index (χ2v) is 8.46. The van der Waals surface area contributed by atoms with E-state index >= 15 is 0 Å². The number of carbonyl (C=O) groups is 1. The molecular formula is C25H36N4O4. The lowest BCUT2D eigenvalue weighted by atomic mass is 9.78. The summed E-state index contributed by atoms with van der Waals surface area (Å²) in [6, 6.07) is 10.6. The van der Waals surface area contributed by atoms with E-state index in [0.29, 0.717) is 12.3 Å². The van der Waals surface area contributed by atoms with Gasteiger partial charge < -0.3 is 9.67 Å². The van der Waals surface area contributed by atoms with Gasteiger partial charge in [-0.2, -0.15) is 0 Å². The molecule has 2 aromatic rings. The molecular weight excluding hydrogens is 420 g/mol. The van der Waals surface area contributed by atoms with E-state index in [-0.39, 0.29) is 12.5 Å². The number of imidazole rings is 1. The van der Waals surface area contributed by atoms with Crippen molar-refractivity contribution in [3.63, 3.8) is 0 Å². The fourth-order valence-corrected chi connectivity index (χ4v) is 4.77. The maximum atomic E-state index is 12.0. The number of aromatic nitrogens is 2. The van der Waals surface area contributed by atoms with E-state index in [1.54, 1.807) is 0 Å². The molecule has 1 saturated carbocycles. The van der Waals surface area contributed by atoms with Crippen molar-refractivity contribution in [2.45, 2.75) is 63.2 Å². The molecule has 0 spiro atoms. The van der Waals surface area contributed by atoms with E-state index in [4.69, 9.17) is 9.68 Å². The Balaban J connectivity index is 1.91. The molecule has 3 N–H and O–H groups in total. The number of benzene rings is 1. The number of aliphatic carboxylic acids is 1. The largest absolute Gasteiger partial charge is 0.477 e. The van der Waals surface area contributed by atoms with Gasteiger partial charge in [0.25, 0.3) is 0 Å². The van der Waals surface area contributed by atoms with E-state index < -0.39 is 11.8 Å². The van der Waals surface area contributed by atoms with Crippen molar-refractivity contribution in [3.8, 4) is 0 Å². The molecule has 1 unspecified atom stereocenters. The molecule has 1 aromatic heterocycles. The van der Waals surface area contributed by atoms with E-state index in [0.717, 1.165) is 19.3 Å². The highest BCUT2D eigenvalue weighted by molar-refractivity contribution is 5.75. The normalized spacial score (nSPS) is 16.6. The summed E-state index contributed by atoms with van der Waals surface area (Å²) in [5, 5.41) is 9.79. The molecule has 8 heteroatoms. The number of hydrogen-bond donors (Lipinski definition) is 3. The van der Waals surface area contributed by atoms with Crippen LogP contribution in [-0.4, -0.2) is 40.5 Å². The Morgan fingerprint density at radius 1 is 1.21 bits per heavy atom. The van der Waals surface area contributed by atoms with Gasteiger partial charge >= 0.3 is 11.8 Å². The van der Waals surface area contributed by atoms with Crippen molar-refractivity contribution in [2.24, 2.45) is 5.92 Å². The lowest BCUT2D eigenvalue weighted by Gasteiger charge is -2.32. The first-order valence-electron chi connectivity index (χ1n) is 11.7. The Morgan fingerprint density at radius 2 is 1.91 bits per heavy atom. The molecule has 1 aliphatic rings. The van der Waals surface area contributed by atoms with Crippen LogP contribution >= 0.6 is 0 Å². The summed E-state index contributed by atoms with van der Waals surface area (Å²) in [5.74, 6) is -2.54. The second kappa shape index (κ2) is 12.6. The SMILES string of the molecule is CNOC(CC/C=C(\C1CCCCC1)C(Cc1ccccc1)n1ccnc1)(ONC)C(=O)O. The van der Waals surface area contributed by atoms with Gasteiger partial charge in [-0.05, 0) is 42.7 Å². The monoisotopic (exact) mass is 456 g/mol. The number of hydrogen-bond acceptors (Lipinski definition) is 6. The Bertz CT molecular complexity index is 858. The maximum Gasteiger partial charge on any atom is 0.367 e. The molecule has 3 rings (SSSR count). The van der Waals surface area contributed by atoms with Gasteiger partial charge in [-0.25, -0.2) is 20.7 Å². The van der Waals surface area contributed by atoms with Crippen LogP contribution in [0.5, 0.6) is 0 Å². The zero-order valence-corrected chi connectivity index (χ0v) is 19.6. The fraction of sp³-hybridized carbons (Fsp3) is 0.520. The molecule has 0 aliphatic heterocycles. The topological polar surface area (TPSA) is 97.6 Å². The zero-order valence-electron chi connectivity index (χ0n) is 19.6. The predicted molar refractivity (Wildman–Crippen MR) is 126 cm³/mol. The van der Waals surface area contributed by atoms with Crippen LogP contribution < -0.4 is 11.0 Å². The van der Waals surface area contributed by atoms with Crippen LogP contribution in [0.15, 0.2) is 60.7 Å². The summed E-state index contributed by atoms with van der Waals surface area (Å²) < 4.78 is 2.17. The molecule has 33 heavy (non-hydrogen) atoms. The first-order chi connectivity index (χ1) is 16.1. The minimum absolute atomic E-state index is 0.118. The first-order valence-corrected chi connectivity index (χ1v) is 11.7. The summed E-state index contributed by atoms with van der Waals surface area (Å²) in [6.07, 6.45) is 15.4. The average Bonchev–Trinajstić information content (AvgIpc) is 3.37. The van der Waals surface area contributed by atoms with Gasteiger partial charge in [-0.15, -0.1) is 0 Å². The third-order valence-electron chi connectivity index (χ3n) is 6.33. The molecule has 1 fully saturated rings. The summed E-state index contributed by atoms with van der Waals surface area (Å²) in [5.41, 5.74) is 7.55. The highest BCUT2D eigenvalue weighted by Gasteiger charge is 2.42. The first kappa shape index (κ1) is 25.1. The number of nitrogens with one attached hydrogen (secondary N) is 2. The van der Waals surface area contributed by atoms with Crippen LogP contribution in [0, 0.1) is 5.92 Å². The lowest BCUT2D eigenvalue weighted by molar-refractivity contribution is -0.285. The Morgan fingerprint density at radius 3 is 2.48 bits per heavy atom. The van der Waals surface area contributed by atoms with E-state index in [1.165, 1.54) is 44.5 Å². The number of carboxylic acids is 1. The summed E-state index contributed by atoms with van der Waals surface area (Å²) in [6.45, 7) is 0. The molecule has 0 radical (unpaired) electrons. The van der Waals surface area contributed by atoms with Crippen LogP contribution in [-0.2, 0) is 20.9 Å². The molecule has 0 bridgehead atoms. The van der Waals surface area contributed by atoms with Gasteiger partial charge in [0.15, 0.2) is 0 Å². The number of nitrogens with zero attached hydrogens (tertiary/aromatic N) is 2. The lowest BCUT2D eigenvalue weighted by Crippen LogP contribution is -2.49. The van der Waals surface area contributed by atoms with Crippen LogP contribution in [0.4, 0.5) is 0 Å². The Kier molecular flexibility index (Phi) is 9.62. The smallest absolute Gasteiger partial charge is 0.367 e. The summed E-state index contributed by atoms with van der Waals surface area (Å²) in [7, 11) is 3.05. The Labute approximate surface area is 195 Å². The molecule has 8 nitrogen and oxygen atoms in total. The minimum atomic E-state index is -1.82. The predicted octanol–water partition coefficient (Wildman–Crippen LogP) is 4.04. The molecule has 1 aliphatic carbocycles. The van der Waals surface area contributed by atoms with Crippen molar-refractivity contribution in [1.29, 1.82) is 0 Å². The average molecular weight is 457 g/mol. The quantitative estimate of drug-likeness (QED) is 0.238. The standard InChI is InChI=1S/C25H36N4O4/c1-26-32-25(24(30)31,33-27-2)15-9-14-22(21-12-7-4-8-13-21)23(29-17-16-28-19-29)18-20-10-5-3-6-11-20/h3,5-6,10-11,14,16-17,19,21,23,26-27H,4,7-9,12-13,15,18H2,1-2H3,(H,30,31)/b22-14+. The fourth-order valence-electron chi connectivity index (χ4n) is 4.77. The van der Waals surface area contributed by atoms with Gasteiger partial charge in [0, 0.05) is 32.9 Å². The third-order valence-corrected chi connectivity index (χ3v) is 6.33. The van der Waals surface area contributed by atoms with E-state index in [9.17, 15) is 9.90 Å². The highest BCUT2D eigenvalue weighted by atomic mass is 16.8. The van der Waals surface area contributed by atoms with Gasteiger partial charge in [-0.1, -0.05) is 55.7 Å². The number of carboxylic acid groups (broad SMARTS) is 1. The van der Waals surface area contributed by atoms with Gasteiger partial charge in [0.2, 0.25) is 0 Å².